The van der Waals surface area contributed by atoms with Crippen LogP contribution in [0.2, 0.25) is 5.02 Å². The third-order valence-corrected chi connectivity index (χ3v) is 4.70. The largest absolute Gasteiger partial charge is 0.361 e. The van der Waals surface area contributed by atoms with Gasteiger partial charge >= 0.3 is 0 Å². The molecule has 0 saturated carbocycles. The van der Waals surface area contributed by atoms with E-state index in [9.17, 15) is 4.79 Å². The number of aryl methyl sites for hydroxylation is 2. The van der Waals surface area contributed by atoms with Gasteiger partial charge in [0.15, 0.2) is 0 Å². The maximum atomic E-state index is 12.9. The lowest BCUT2D eigenvalue weighted by atomic mass is 10.1. The van der Waals surface area contributed by atoms with Gasteiger partial charge in [-0.1, -0.05) is 47.1 Å². The molecule has 0 bridgehead atoms. The Bertz CT molecular complexity index is 949. The fraction of sp³-hybridized carbons (Fsp3) is 0.350. The predicted molar refractivity (Wildman–Crippen MR) is 108 cm³/mol. The lowest BCUT2D eigenvalue weighted by molar-refractivity contribution is -0.133. The standard InChI is InChI=1S/C20H24ClN5O2/c1-14-16(20(23-28-14)15-8-6-5-7-9-15)10-26(19(27)13-24(2)3)12-18-17(21)11-25(4)22-18/h5-9,11H,10,12-13H2,1-4H3. The first kappa shape index (κ1) is 20.1. The average molecular weight is 402 g/mol. The maximum absolute atomic E-state index is 12.9. The van der Waals surface area contributed by atoms with Crippen molar-refractivity contribution in [1.82, 2.24) is 24.7 Å². The highest BCUT2D eigenvalue weighted by atomic mass is 35.5. The first-order valence-electron chi connectivity index (χ1n) is 8.96. The van der Waals surface area contributed by atoms with Crippen LogP contribution in [0.5, 0.6) is 0 Å². The highest BCUT2D eigenvalue weighted by Gasteiger charge is 2.23. The van der Waals surface area contributed by atoms with Crippen molar-refractivity contribution in [2.75, 3.05) is 20.6 Å². The van der Waals surface area contributed by atoms with E-state index in [4.69, 9.17) is 16.1 Å². The molecule has 0 aliphatic rings. The molecule has 0 radical (unpaired) electrons. The van der Waals surface area contributed by atoms with Crippen LogP contribution in [-0.2, 0) is 24.9 Å². The molecule has 0 unspecified atom stereocenters. The monoisotopic (exact) mass is 401 g/mol. The van der Waals surface area contributed by atoms with Crippen molar-refractivity contribution in [3.63, 3.8) is 0 Å². The van der Waals surface area contributed by atoms with E-state index in [1.807, 2.05) is 56.3 Å². The SMILES string of the molecule is Cc1onc(-c2ccccc2)c1CN(Cc1nn(C)cc1Cl)C(=O)CN(C)C. The van der Waals surface area contributed by atoms with Crippen molar-refractivity contribution in [2.45, 2.75) is 20.0 Å². The minimum Gasteiger partial charge on any atom is -0.361 e. The molecule has 0 aliphatic heterocycles. The van der Waals surface area contributed by atoms with Crippen LogP contribution in [-0.4, -0.2) is 51.3 Å². The van der Waals surface area contributed by atoms with Gasteiger partial charge in [-0.3, -0.25) is 9.48 Å². The Balaban J connectivity index is 1.92. The molecule has 148 valence electrons. The van der Waals surface area contributed by atoms with Gasteiger partial charge < -0.3 is 14.3 Å². The molecule has 2 aromatic heterocycles. The Labute approximate surface area is 169 Å². The molecule has 0 fully saturated rings. The smallest absolute Gasteiger partial charge is 0.237 e. The first-order valence-corrected chi connectivity index (χ1v) is 9.34. The van der Waals surface area contributed by atoms with Crippen LogP contribution < -0.4 is 0 Å². The lowest BCUT2D eigenvalue weighted by Gasteiger charge is -2.24. The summed E-state index contributed by atoms with van der Waals surface area (Å²) in [7, 11) is 5.53. The summed E-state index contributed by atoms with van der Waals surface area (Å²) < 4.78 is 7.09. The maximum Gasteiger partial charge on any atom is 0.237 e. The number of likely N-dealkylation sites (N-methyl/N-ethyl adjacent to an activating group) is 1. The normalized spacial score (nSPS) is 11.2. The first-order chi connectivity index (χ1) is 13.3. The fourth-order valence-corrected chi connectivity index (χ4v) is 3.23. The number of aromatic nitrogens is 3. The van der Waals surface area contributed by atoms with Gasteiger partial charge in [0.1, 0.15) is 17.1 Å². The number of amides is 1. The van der Waals surface area contributed by atoms with Crippen LogP contribution in [0.4, 0.5) is 0 Å². The zero-order chi connectivity index (χ0) is 20.3. The van der Waals surface area contributed by atoms with E-state index >= 15 is 0 Å². The van der Waals surface area contributed by atoms with E-state index < -0.39 is 0 Å². The number of benzene rings is 1. The van der Waals surface area contributed by atoms with Crippen molar-refractivity contribution in [2.24, 2.45) is 7.05 Å². The van der Waals surface area contributed by atoms with Gasteiger partial charge in [-0.15, -0.1) is 0 Å². The van der Waals surface area contributed by atoms with Gasteiger partial charge in [-0.2, -0.15) is 5.10 Å². The zero-order valence-corrected chi connectivity index (χ0v) is 17.3. The van der Waals surface area contributed by atoms with Crippen molar-refractivity contribution in [3.8, 4) is 11.3 Å². The summed E-state index contributed by atoms with van der Waals surface area (Å²) in [5.74, 6) is 0.667. The number of rotatable bonds is 7. The Morgan fingerprint density at radius 2 is 1.93 bits per heavy atom. The van der Waals surface area contributed by atoms with E-state index in [0.717, 1.165) is 16.8 Å². The Hall–Kier alpha value is -2.64. The van der Waals surface area contributed by atoms with E-state index in [1.54, 1.807) is 22.8 Å². The highest BCUT2D eigenvalue weighted by molar-refractivity contribution is 6.31. The minimum absolute atomic E-state index is 0.0219. The van der Waals surface area contributed by atoms with Crippen LogP contribution >= 0.6 is 11.6 Å². The summed E-state index contributed by atoms with van der Waals surface area (Å²) in [5.41, 5.74) is 3.23. The van der Waals surface area contributed by atoms with Gasteiger partial charge in [0.2, 0.25) is 5.91 Å². The van der Waals surface area contributed by atoms with Crippen LogP contribution in [0, 0.1) is 6.92 Å². The minimum atomic E-state index is -0.0219. The van der Waals surface area contributed by atoms with E-state index in [0.29, 0.717) is 29.6 Å². The average Bonchev–Trinajstić information content (AvgIpc) is 3.16. The molecular weight excluding hydrogens is 378 g/mol. The van der Waals surface area contributed by atoms with E-state index in [1.165, 1.54) is 0 Å². The van der Waals surface area contributed by atoms with Crippen molar-refractivity contribution >= 4 is 17.5 Å². The van der Waals surface area contributed by atoms with Crippen LogP contribution in [0.1, 0.15) is 17.0 Å². The lowest BCUT2D eigenvalue weighted by Crippen LogP contribution is -2.37. The molecule has 7 nitrogen and oxygen atoms in total. The second-order valence-corrected chi connectivity index (χ2v) is 7.42. The molecule has 1 amide bonds. The molecule has 28 heavy (non-hydrogen) atoms. The second-order valence-electron chi connectivity index (χ2n) is 7.02. The Morgan fingerprint density at radius 3 is 2.54 bits per heavy atom. The van der Waals surface area contributed by atoms with Gasteiger partial charge in [0.25, 0.3) is 0 Å². The molecular formula is C20H24ClN5O2. The highest BCUT2D eigenvalue weighted by Crippen LogP contribution is 2.27. The summed E-state index contributed by atoms with van der Waals surface area (Å²) in [4.78, 5) is 16.5. The molecule has 0 N–H and O–H groups in total. The summed E-state index contributed by atoms with van der Waals surface area (Å²) in [6.07, 6.45) is 1.73. The van der Waals surface area contributed by atoms with E-state index in [2.05, 4.69) is 10.3 Å². The summed E-state index contributed by atoms with van der Waals surface area (Å²) in [6.45, 7) is 2.82. The molecule has 3 rings (SSSR count). The number of halogens is 1. The Morgan fingerprint density at radius 1 is 1.21 bits per heavy atom. The van der Waals surface area contributed by atoms with Gasteiger partial charge in [-0.05, 0) is 21.0 Å². The summed E-state index contributed by atoms with van der Waals surface area (Å²) in [6, 6.07) is 9.80. The fourth-order valence-electron chi connectivity index (χ4n) is 2.99. The van der Waals surface area contributed by atoms with Gasteiger partial charge in [0, 0.05) is 24.4 Å². The number of nitrogens with zero attached hydrogens (tertiary/aromatic N) is 5. The van der Waals surface area contributed by atoms with Gasteiger partial charge in [-0.25, -0.2) is 0 Å². The van der Waals surface area contributed by atoms with Crippen LogP contribution in [0.25, 0.3) is 11.3 Å². The molecule has 0 saturated heterocycles. The van der Waals surface area contributed by atoms with Crippen LogP contribution in [0.3, 0.4) is 0 Å². The molecule has 3 aromatic rings. The number of carbonyl (C=O) groups excluding carboxylic acids is 1. The second kappa shape index (κ2) is 8.58. The summed E-state index contributed by atoms with van der Waals surface area (Å²) >= 11 is 6.28. The van der Waals surface area contributed by atoms with Gasteiger partial charge in [0.05, 0.1) is 24.7 Å². The topological polar surface area (TPSA) is 67.4 Å². The molecule has 0 aliphatic carbocycles. The third-order valence-electron chi connectivity index (χ3n) is 4.38. The summed E-state index contributed by atoms with van der Waals surface area (Å²) in [5, 5.41) is 9.14. The number of carbonyl (C=O) groups is 1. The third kappa shape index (κ3) is 4.61. The van der Waals surface area contributed by atoms with Crippen molar-refractivity contribution < 1.29 is 9.32 Å². The number of hydrogen-bond acceptors (Lipinski definition) is 5. The molecule has 0 atom stereocenters. The molecule has 8 heteroatoms. The van der Waals surface area contributed by atoms with Crippen molar-refractivity contribution in [1.29, 1.82) is 0 Å². The van der Waals surface area contributed by atoms with Crippen molar-refractivity contribution in [3.05, 3.63) is 58.6 Å². The molecule has 1 aromatic carbocycles. The Kier molecular flexibility index (Phi) is 6.16. The predicted octanol–water partition coefficient (Wildman–Crippen LogP) is 3.13. The molecule has 2 heterocycles. The zero-order valence-electron chi connectivity index (χ0n) is 16.5. The quantitative estimate of drug-likeness (QED) is 0.608. The molecule has 0 spiro atoms. The number of hydrogen-bond donors (Lipinski definition) is 0. The van der Waals surface area contributed by atoms with E-state index in [-0.39, 0.29) is 12.5 Å². The van der Waals surface area contributed by atoms with Crippen LogP contribution in [0.15, 0.2) is 41.1 Å².